The Morgan fingerprint density at radius 2 is 2.24 bits per heavy atom. The predicted octanol–water partition coefficient (Wildman–Crippen LogP) is 1.78. The lowest BCUT2D eigenvalue weighted by Crippen LogP contribution is -2.45. The molecule has 0 aromatic carbocycles. The monoisotopic (exact) mass is 344 g/mol. The molecular weight excluding hydrogens is 324 g/mol. The highest BCUT2D eigenvalue weighted by Gasteiger charge is 2.21. The van der Waals surface area contributed by atoms with Gasteiger partial charge in [-0.05, 0) is 25.5 Å². The minimum atomic E-state index is 0.367. The van der Waals surface area contributed by atoms with Crippen molar-refractivity contribution in [3.05, 3.63) is 36.2 Å². The third kappa shape index (κ3) is 3.94. The smallest absolute Gasteiger partial charge is 0.240 e. The molecule has 1 saturated heterocycles. The molecule has 132 valence electrons. The molecule has 9 nitrogen and oxygen atoms in total. The standard InChI is InChI=1S/C16H20N6O3/c1-11-18-14(20-24-11)9-22-5-2-3-13(8-22)17-7-15-19-16(21-25-15)12-4-6-23-10-12/h4,6,10,13,17H,2-3,5,7-9H2,1H3/t13-/m0/s1. The molecular formula is C16H20N6O3. The van der Waals surface area contributed by atoms with E-state index < -0.39 is 0 Å². The first-order valence-electron chi connectivity index (χ1n) is 8.36. The van der Waals surface area contributed by atoms with Gasteiger partial charge in [-0.25, -0.2) is 0 Å². The first-order valence-corrected chi connectivity index (χ1v) is 8.36. The van der Waals surface area contributed by atoms with Crippen molar-refractivity contribution in [3.8, 4) is 11.4 Å². The molecule has 1 atom stereocenters. The molecule has 3 aromatic heterocycles. The topological polar surface area (TPSA) is 106 Å². The summed E-state index contributed by atoms with van der Waals surface area (Å²) in [7, 11) is 0. The van der Waals surface area contributed by atoms with Gasteiger partial charge >= 0.3 is 0 Å². The normalized spacial score (nSPS) is 18.7. The van der Waals surface area contributed by atoms with E-state index in [-0.39, 0.29) is 0 Å². The number of hydrogen-bond acceptors (Lipinski definition) is 9. The van der Waals surface area contributed by atoms with E-state index in [9.17, 15) is 0 Å². The Labute approximate surface area is 144 Å². The molecule has 4 heterocycles. The third-order valence-corrected chi connectivity index (χ3v) is 4.23. The summed E-state index contributed by atoms with van der Waals surface area (Å²) in [6, 6.07) is 2.17. The largest absolute Gasteiger partial charge is 0.472 e. The first-order chi connectivity index (χ1) is 12.3. The Balaban J connectivity index is 1.29. The number of hydrogen-bond donors (Lipinski definition) is 1. The lowest BCUT2D eigenvalue weighted by molar-refractivity contribution is 0.174. The number of aryl methyl sites for hydroxylation is 1. The van der Waals surface area contributed by atoms with Crippen LogP contribution in [0.1, 0.15) is 30.4 Å². The summed E-state index contributed by atoms with van der Waals surface area (Å²) in [6.45, 7) is 5.03. The quantitative estimate of drug-likeness (QED) is 0.716. The minimum Gasteiger partial charge on any atom is -0.472 e. The molecule has 0 amide bonds. The zero-order valence-electron chi connectivity index (χ0n) is 14.0. The van der Waals surface area contributed by atoms with Crippen LogP contribution in [-0.4, -0.2) is 44.3 Å². The highest BCUT2D eigenvalue weighted by molar-refractivity contribution is 5.51. The van der Waals surface area contributed by atoms with Crippen molar-refractivity contribution in [2.45, 2.75) is 38.9 Å². The second kappa shape index (κ2) is 7.16. The van der Waals surface area contributed by atoms with Crippen LogP contribution in [0.2, 0.25) is 0 Å². The zero-order chi connectivity index (χ0) is 17.1. The maximum atomic E-state index is 5.29. The average Bonchev–Trinajstić information content (AvgIpc) is 3.35. The number of piperidine rings is 1. The maximum absolute atomic E-state index is 5.29. The highest BCUT2D eigenvalue weighted by Crippen LogP contribution is 2.16. The Kier molecular flexibility index (Phi) is 4.57. The van der Waals surface area contributed by atoms with E-state index in [4.69, 9.17) is 13.5 Å². The molecule has 0 spiro atoms. The Hall–Kier alpha value is -2.52. The van der Waals surface area contributed by atoms with Crippen molar-refractivity contribution in [3.63, 3.8) is 0 Å². The molecule has 9 heteroatoms. The third-order valence-electron chi connectivity index (χ3n) is 4.23. The van der Waals surface area contributed by atoms with Gasteiger partial charge in [-0.15, -0.1) is 0 Å². The molecule has 1 aliphatic heterocycles. The highest BCUT2D eigenvalue weighted by atomic mass is 16.5. The van der Waals surface area contributed by atoms with Crippen LogP contribution in [0.15, 0.2) is 32.1 Å². The number of furan rings is 1. The van der Waals surface area contributed by atoms with E-state index in [0.717, 1.165) is 37.3 Å². The van der Waals surface area contributed by atoms with Crippen molar-refractivity contribution in [2.75, 3.05) is 13.1 Å². The molecule has 3 aromatic rings. The Morgan fingerprint density at radius 1 is 1.28 bits per heavy atom. The SMILES string of the molecule is Cc1nc(CN2CCC[C@H](NCc3nc(-c4ccoc4)no3)C2)no1. The van der Waals surface area contributed by atoms with Crippen LogP contribution >= 0.6 is 0 Å². The van der Waals surface area contributed by atoms with Gasteiger partial charge in [0.25, 0.3) is 0 Å². The number of rotatable bonds is 6. The lowest BCUT2D eigenvalue weighted by atomic mass is 10.1. The predicted molar refractivity (Wildman–Crippen MR) is 86.2 cm³/mol. The summed E-state index contributed by atoms with van der Waals surface area (Å²) in [6.07, 6.45) is 5.43. The van der Waals surface area contributed by atoms with Gasteiger partial charge < -0.3 is 18.8 Å². The fourth-order valence-corrected chi connectivity index (χ4v) is 3.04. The van der Waals surface area contributed by atoms with E-state index in [2.05, 4.69) is 30.5 Å². The van der Waals surface area contributed by atoms with Gasteiger partial charge in [0.05, 0.1) is 24.9 Å². The van der Waals surface area contributed by atoms with E-state index in [1.165, 1.54) is 0 Å². The van der Waals surface area contributed by atoms with Crippen LogP contribution in [0.3, 0.4) is 0 Å². The van der Waals surface area contributed by atoms with E-state index in [1.807, 2.05) is 0 Å². The molecule has 25 heavy (non-hydrogen) atoms. The summed E-state index contributed by atoms with van der Waals surface area (Å²) in [5.41, 5.74) is 0.814. The summed E-state index contributed by atoms with van der Waals surface area (Å²) in [5.74, 6) is 2.46. The van der Waals surface area contributed by atoms with Gasteiger partial charge in [0.2, 0.25) is 17.6 Å². The minimum absolute atomic E-state index is 0.367. The zero-order valence-corrected chi connectivity index (χ0v) is 14.0. The van der Waals surface area contributed by atoms with Crippen molar-refractivity contribution in [2.24, 2.45) is 0 Å². The number of likely N-dealkylation sites (tertiary alicyclic amines) is 1. The van der Waals surface area contributed by atoms with Gasteiger partial charge in [-0.3, -0.25) is 4.90 Å². The van der Waals surface area contributed by atoms with Crippen LogP contribution in [0, 0.1) is 6.92 Å². The van der Waals surface area contributed by atoms with E-state index in [1.54, 1.807) is 25.5 Å². The van der Waals surface area contributed by atoms with E-state index >= 15 is 0 Å². The van der Waals surface area contributed by atoms with Gasteiger partial charge in [-0.1, -0.05) is 10.3 Å². The molecule has 1 N–H and O–H groups in total. The molecule has 4 rings (SSSR count). The summed E-state index contributed by atoms with van der Waals surface area (Å²) >= 11 is 0. The number of nitrogens with one attached hydrogen (secondary N) is 1. The van der Waals surface area contributed by atoms with Crippen molar-refractivity contribution in [1.82, 2.24) is 30.5 Å². The molecule has 0 bridgehead atoms. The van der Waals surface area contributed by atoms with Gasteiger partial charge in [0.15, 0.2) is 5.82 Å². The average molecular weight is 344 g/mol. The Morgan fingerprint density at radius 3 is 3.04 bits per heavy atom. The van der Waals surface area contributed by atoms with Crippen LogP contribution in [0.25, 0.3) is 11.4 Å². The maximum Gasteiger partial charge on any atom is 0.240 e. The van der Waals surface area contributed by atoms with Crippen LogP contribution in [0.5, 0.6) is 0 Å². The second-order valence-electron chi connectivity index (χ2n) is 6.21. The Bertz CT molecular complexity index is 797. The van der Waals surface area contributed by atoms with Crippen molar-refractivity contribution >= 4 is 0 Å². The lowest BCUT2D eigenvalue weighted by Gasteiger charge is -2.32. The number of nitrogens with zero attached hydrogens (tertiary/aromatic N) is 5. The summed E-state index contributed by atoms with van der Waals surface area (Å²) in [5, 5.41) is 11.4. The second-order valence-corrected chi connectivity index (χ2v) is 6.21. The summed E-state index contributed by atoms with van der Waals surface area (Å²) < 4.78 is 15.4. The molecule has 0 radical (unpaired) electrons. The summed E-state index contributed by atoms with van der Waals surface area (Å²) in [4.78, 5) is 11.0. The molecule has 0 unspecified atom stereocenters. The first kappa shape index (κ1) is 16.0. The van der Waals surface area contributed by atoms with Crippen LogP contribution in [-0.2, 0) is 13.1 Å². The molecule has 0 aliphatic carbocycles. The molecule has 1 aliphatic rings. The number of aromatic nitrogens is 4. The fourth-order valence-electron chi connectivity index (χ4n) is 3.04. The van der Waals surface area contributed by atoms with E-state index in [0.29, 0.717) is 36.7 Å². The van der Waals surface area contributed by atoms with Crippen LogP contribution < -0.4 is 5.32 Å². The van der Waals surface area contributed by atoms with Crippen LogP contribution in [0.4, 0.5) is 0 Å². The van der Waals surface area contributed by atoms with Gasteiger partial charge in [0.1, 0.15) is 6.26 Å². The fraction of sp³-hybridized carbons (Fsp3) is 0.500. The van der Waals surface area contributed by atoms with Gasteiger partial charge in [-0.2, -0.15) is 9.97 Å². The molecule has 1 fully saturated rings. The van der Waals surface area contributed by atoms with Gasteiger partial charge in [0, 0.05) is 19.5 Å². The molecule has 0 saturated carbocycles. The van der Waals surface area contributed by atoms with Crippen molar-refractivity contribution in [1.29, 1.82) is 0 Å². The van der Waals surface area contributed by atoms with Crippen molar-refractivity contribution < 1.29 is 13.5 Å².